The van der Waals surface area contributed by atoms with Crippen molar-refractivity contribution in [1.29, 1.82) is 0 Å². The Morgan fingerprint density at radius 2 is 2.12 bits per heavy atom. The third kappa shape index (κ3) is 3.31. The molecule has 17 heavy (non-hydrogen) atoms. The summed E-state index contributed by atoms with van der Waals surface area (Å²) in [5.41, 5.74) is 2.00. The molecule has 0 bridgehead atoms. The molecule has 2 rings (SSSR count). The van der Waals surface area contributed by atoms with Crippen molar-refractivity contribution < 1.29 is 9.90 Å². The van der Waals surface area contributed by atoms with Crippen LogP contribution >= 0.6 is 0 Å². The summed E-state index contributed by atoms with van der Waals surface area (Å²) in [6, 6.07) is 9.58. The van der Waals surface area contributed by atoms with Gasteiger partial charge in [-0.2, -0.15) is 5.10 Å². The van der Waals surface area contributed by atoms with Crippen LogP contribution in [0.1, 0.15) is 11.1 Å². The van der Waals surface area contributed by atoms with Crippen molar-refractivity contribution in [3.63, 3.8) is 0 Å². The summed E-state index contributed by atoms with van der Waals surface area (Å²) in [6.07, 6.45) is 6.34. The van der Waals surface area contributed by atoms with Crippen molar-refractivity contribution in [2.75, 3.05) is 0 Å². The van der Waals surface area contributed by atoms with Gasteiger partial charge in [-0.3, -0.25) is 4.68 Å². The minimum absolute atomic E-state index is 0.718. The standard InChI is InChI=1S/C13H12N2O2/c16-13(17)7-6-11-2-4-12(5-3-11)10-15-9-1-8-14-15/h1-9H,10H2,(H,16,17)/b7-6+. The Kier molecular flexibility index (Phi) is 3.35. The number of aromatic nitrogens is 2. The fourth-order valence-electron chi connectivity index (χ4n) is 1.48. The predicted molar refractivity (Wildman–Crippen MR) is 64.4 cm³/mol. The van der Waals surface area contributed by atoms with Gasteiger partial charge in [0.05, 0.1) is 6.54 Å². The van der Waals surface area contributed by atoms with Crippen LogP contribution in [0.15, 0.2) is 48.8 Å². The zero-order valence-electron chi connectivity index (χ0n) is 9.15. The highest BCUT2D eigenvalue weighted by molar-refractivity contribution is 5.85. The number of carbonyl (C=O) groups is 1. The fraction of sp³-hybridized carbons (Fsp3) is 0.0769. The molecule has 0 atom stereocenters. The van der Waals surface area contributed by atoms with E-state index in [2.05, 4.69) is 5.10 Å². The minimum Gasteiger partial charge on any atom is -0.478 e. The molecule has 4 heteroatoms. The van der Waals surface area contributed by atoms with Crippen LogP contribution in [0, 0.1) is 0 Å². The van der Waals surface area contributed by atoms with Crippen LogP contribution in [0.4, 0.5) is 0 Å². The molecule has 1 N–H and O–H groups in total. The number of aliphatic carboxylic acids is 1. The van der Waals surface area contributed by atoms with Crippen molar-refractivity contribution >= 4 is 12.0 Å². The van der Waals surface area contributed by atoms with Gasteiger partial charge >= 0.3 is 5.97 Å². The van der Waals surface area contributed by atoms with Gasteiger partial charge in [0.2, 0.25) is 0 Å². The molecular weight excluding hydrogens is 216 g/mol. The molecule has 0 aliphatic rings. The third-order valence-electron chi connectivity index (χ3n) is 2.30. The predicted octanol–water partition coefficient (Wildman–Crippen LogP) is 2.03. The zero-order valence-corrected chi connectivity index (χ0v) is 9.15. The molecule has 4 nitrogen and oxygen atoms in total. The lowest BCUT2D eigenvalue weighted by Gasteiger charge is -2.02. The second-order valence-corrected chi connectivity index (χ2v) is 3.62. The Labute approximate surface area is 98.8 Å². The summed E-state index contributed by atoms with van der Waals surface area (Å²) < 4.78 is 1.84. The molecule has 1 aromatic heterocycles. The van der Waals surface area contributed by atoms with Crippen LogP contribution in [0.3, 0.4) is 0 Å². The number of hydrogen-bond donors (Lipinski definition) is 1. The van der Waals surface area contributed by atoms with Gasteiger partial charge < -0.3 is 5.11 Å². The highest BCUT2D eigenvalue weighted by Crippen LogP contribution is 2.07. The molecule has 0 radical (unpaired) electrons. The quantitative estimate of drug-likeness (QED) is 0.814. The highest BCUT2D eigenvalue weighted by atomic mass is 16.4. The Bertz CT molecular complexity index is 513. The molecule has 0 aliphatic heterocycles. The molecule has 1 heterocycles. The van der Waals surface area contributed by atoms with Crippen molar-refractivity contribution in [2.45, 2.75) is 6.54 Å². The van der Waals surface area contributed by atoms with Crippen LogP contribution in [0.2, 0.25) is 0 Å². The van der Waals surface area contributed by atoms with Gasteiger partial charge in [-0.05, 0) is 23.3 Å². The highest BCUT2D eigenvalue weighted by Gasteiger charge is 1.95. The van der Waals surface area contributed by atoms with E-state index < -0.39 is 5.97 Å². The van der Waals surface area contributed by atoms with Gasteiger partial charge in [-0.15, -0.1) is 0 Å². The summed E-state index contributed by atoms with van der Waals surface area (Å²) in [6.45, 7) is 0.718. The van der Waals surface area contributed by atoms with Crippen molar-refractivity contribution in [2.24, 2.45) is 0 Å². The molecule has 0 amide bonds. The Hall–Kier alpha value is -2.36. The summed E-state index contributed by atoms with van der Waals surface area (Å²) in [5.74, 6) is -0.939. The average Bonchev–Trinajstić information content (AvgIpc) is 2.81. The van der Waals surface area contributed by atoms with Crippen LogP contribution in [0.5, 0.6) is 0 Å². The largest absolute Gasteiger partial charge is 0.478 e. The van der Waals surface area contributed by atoms with Gasteiger partial charge in [-0.25, -0.2) is 4.79 Å². The van der Waals surface area contributed by atoms with Gasteiger partial charge in [-0.1, -0.05) is 24.3 Å². The third-order valence-corrected chi connectivity index (χ3v) is 2.30. The molecule has 2 aromatic rings. The first-order chi connectivity index (χ1) is 8.24. The first kappa shape index (κ1) is 11.1. The molecule has 1 aromatic carbocycles. The van der Waals surface area contributed by atoms with Crippen LogP contribution in [0.25, 0.3) is 6.08 Å². The molecular formula is C13H12N2O2. The minimum atomic E-state index is -0.939. The van der Waals surface area contributed by atoms with Crippen LogP contribution in [-0.2, 0) is 11.3 Å². The Balaban J connectivity index is 2.05. The number of rotatable bonds is 4. The number of hydrogen-bond acceptors (Lipinski definition) is 2. The fourth-order valence-corrected chi connectivity index (χ4v) is 1.48. The molecule has 0 spiro atoms. The summed E-state index contributed by atoms with van der Waals surface area (Å²) in [7, 11) is 0. The van der Waals surface area contributed by atoms with Gasteiger partial charge in [0.15, 0.2) is 0 Å². The second kappa shape index (κ2) is 5.12. The van der Waals surface area contributed by atoms with E-state index in [4.69, 9.17) is 5.11 Å². The van der Waals surface area contributed by atoms with E-state index in [-0.39, 0.29) is 0 Å². The average molecular weight is 228 g/mol. The van der Waals surface area contributed by atoms with Gasteiger partial charge in [0.25, 0.3) is 0 Å². The summed E-state index contributed by atoms with van der Waals surface area (Å²) in [5, 5.41) is 12.6. The maximum atomic E-state index is 10.4. The topological polar surface area (TPSA) is 55.1 Å². The Morgan fingerprint density at radius 1 is 1.35 bits per heavy atom. The lowest BCUT2D eigenvalue weighted by molar-refractivity contribution is -0.131. The molecule has 0 unspecified atom stereocenters. The van der Waals surface area contributed by atoms with Gasteiger partial charge in [0, 0.05) is 18.5 Å². The van der Waals surface area contributed by atoms with E-state index in [0.29, 0.717) is 0 Å². The van der Waals surface area contributed by atoms with Crippen molar-refractivity contribution in [3.8, 4) is 0 Å². The van der Waals surface area contributed by atoms with E-state index in [1.165, 1.54) is 0 Å². The van der Waals surface area contributed by atoms with Gasteiger partial charge in [0.1, 0.15) is 0 Å². The number of nitrogens with zero attached hydrogens (tertiary/aromatic N) is 2. The lowest BCUT2D eigenvalue weighted by Crippen LogP contribution is -1.99. The van der Waals surface area contributed by atoms with Crippen LogP contribution in [-0.4, -0.2) is 20.9 Å². The summed E-state index contributed by atoms with van der Waals surface area (Å²) >= 11 is 0. The van der Waals surface area contributed by atoms with Crippen molar-refractivity contribution in [1.82, 2.24) is 9.78 Å². The smallest absolute Gasteiger partial charge is 0.328 e. The molecule has 0 aliphatic carbocycles. The molecule has 86 valence electrons. The van der Waals surface area contributed by atoms with E-state index in [0.717, 1.165) is 23.7 Å². The Morgan fingerprint density at radius 3 is 2.71 bits per heavy atom. The SMILES string of the molecule is O=C(O)/C=C/c1ccc(Cn2cccn2)cc1. The lowest BCUT2D eigenvalue weighted by atomic mass is 10.1. The van der Waals surface area contributed by atoms with Crippen LogP contribution < -0.4 is 0 Å². The van der Waals surface area contributed by atoms with Crippen molar-refractivity contribution in [3.05, 3.63) is 59.9 Å². The maximum absolute atomic E-state index is 10.4. The van der Waals surface area contributed by atoms with E-state index in [1.807, 2.05) is 41.2 Å². The first-order valence-corrected chi connectivity index (χ1v) is 5.21. The first-order valence-electron chi connectivity index (χ1n) is 5.21. The molecule has 0 saturated heterocycles. The number of benzene rings is 1. The molecule has 0 saturated carbocycles. The zero-order chi connectivity index (χ0) is 12.1. The number of carboxylic acid groups (broad SMARTS) is 1. The van der Waals surface area contributed by atoms with E-state index in [9.17, 15) is 4.79 Å². The monoisotopic (exact) mass is 228 g/mol. The summed E-state index contributed by atoms with van der Waals surface area (Å²) in [4.78, 5) is 10.4. The van der Waals surface area contributed by atoms with E-state index in [1.54, 1.807) is 12.3 Å². The second-order valence-electron chi connectivity index (χ2n) is 3.62. The number of carboxylic acids is 1. The molecule has 0 fully saturated rings. The van der Waals surface area contributed by atoms with E-state index >= 15 is 0 Å². The normalized spacial score (nSPS) is 10.8. The maximum Gasteiger partial charge on any atom is 0.328 e.